The van der Waals surface area contributed by atoms with Crippen molar-refractivity contribution in [3.8, 4) is 0 Å². The van der Waals surface area contributed by atoms with E-state index in [9.17, 15) is 5.11 Å². The third kappa shape index (κ3) is 2.76. The molecule has 2 fully saturated rings. The lowest BCUT2D eigenvalue weighted by Crippen LogP contribution is -2.47. The topological polar surface area (TPSA) is 41.5 Å². The van der Waals surface area contributed by atoms with Gasteiger partial charge in [-0.15, -0.1) is 0 Å². The van der Waals surface area contributed by atoms with Crippen LogP contribution < -0.4 is 5.32 Å². The zero-order chi connectivity index (χ0) is 11.4. The van der Waals surface area contributed by atoms with Crippen LogP contribution in [0.15, 0.2) is 0 Å². The maximum atomic E-state index is 10.7. The first-order valence-corrected chi connectivity index (χ1v) is 6.78. The standard InChI is InChI=1S/C13H25NO2/c1-2-14-12-3-7-13(15,8-4-12)11-5-9-16-10-6-11/h11-12,14-15H,2-10H2,1H3. The number of aliphatic hydroxyl groups is 1. The molecule has 2 N–H and O–H groups in total. The first-order chi connectivity index (χ1) is 7.74. The fraction of sp³-hybridized carbons (Fsp3) is 1.00. The summed E-state index contributed by atoms with van der Waals surface area (Å²) in [4.78, 5) is 0. The lowest BCUT2D eigenvalue weighted by atomic mass is 9.71. The summed E-state index contributed by atoms with van der Waals surface area (Å²) in [5, 5.41) is 14.2. The second-order valence-corrected chi connectivity index (χ2v) is 5.32. The van der Waals surface area contributed by atoms with Crippen molar-refractivity contribution < 1.29 is 9.84 Å². The van der Waals surface area contributed by atoms with E-state index < -0.39 is 5.60 Å². The Morgan fingerprint density at radius 2 is 1.81 bits per heavy atom. The molecular weight excluding hydrogens is 202 g/mol. The Balaban J connectivity index is 1.84. The van der Waals surface area contributed by atoms with Crippen molar-refractivity contribution in [1.82, 2.24) is 5.32 Å². The molecule has 0 radical (unpaired) electrons. The molecule has 1 saturated carbocycles. The number of hydrogen-bond donors (Lipinski definition) is 2. The molecule has 1 saturated heterocycles. The van der Waals surface area contributed by atoms with E-state index >= 15 is 0 Å². The maximum Gasteiger partial charge on any atom is 0.0678 e. The van der Waals surface area contributed by atoms with Crippen LogP contribution in [0.1, 0.15) is 45.4 Å². The molecule has 1 aliphatic carbocycles. The van der Waals surface area contributed by atoms with Crippen LogP contribution in [-0.4, -0.2) is 36.5 Å². The van der Waals surface area contributed by atoms with Crippen molar-refractivity contribution in [2.45, 2.75) is 57.1 Å². The van der Waals surface area contributed by atoms with Crippen molar-refractivity contribution in [2.24, 2.45) is 5.92 Å². The Hall–Kier alpha value is -0.120. The molecule has 94 valence electrons. The number of rotatable bonds is 3. The number of nitrogens with one attached hydrogen (secondary N) is 1. The zero-order valence-electron chi connectivity index (χ0n) is 10.4. The Morgan fingerprint density at radius 3 is 2.38 bits per heavy atom. The Bertz CT molecular complexity index is 206. The maximum absolute atomic E-state index is 10.7. The molecule has 2 rings (SSSR count). The summed E-state index contributed by atoms with van der Waals surface area (Å²) in [6.45, 7) is 4.87. The summed E-state index contributed by atoms with van der Waals surface area (Å²) in [5.74, 6) is 0.476. The molecule has 2 aliphatic rings. The van der Waals surface area contributed by atoms with Crippen LogP contribution >= 0.6 is 0 Å². The van der Waals surface area contributed by atoms with Crippen molar-refractivity contribution in [3.05, 3.63) is 0 Å². The minimum atomic E-state index is -0.393. The minimum Gasteiger partial charge on any atom is -0.390 e. The molecule has 0 unspecified atom stereocenters. The van der Waals surface area contributed by atoms with Gasteiger partial charge < -0.3 is 15.2 Å². The molecule has 1 aliphatic heterocycles. The van der Waals surface area contributed by atoms with Gasteiger partial charge in [-0.1, -0.05) is 6.92 Å². The lowest BCUT2D eigenvalue weighted by molar-refractivity contribution is -0.0898. The van der Waals surface area contributed by atoms with Gasteiger partial charge in [-0.05, 0) is 51.0 Å². The Morgan fingerprint density at radius 1 is 1.19 bits per heavy atom. The van der Waals surface area contributed by atoms with E-state index in [1.54, 1.807) is 0 Å². The van der Waals surface area contributed by atoms with Crippen LogP contribution in [0.25, 0.3) is 0 Å². The highest BCUT2D eigenvalue weighted by Gasteiger charge is 2.40. The van der Waals surface area contributed by atoms with Crippen LogP contribution in [0.3, 0.4) is 0 Å². The molecule has 16 heavy (non-hydrogen) atoms. The van der Waals surface area contributed by atoms with Gasteiger partial charge in [-0.3, -0.25) is 0 Å². The van der Waals surface area contributed by atoms with Gasteiger partial charge >= 0.3 is 0 Å². The lowest BCUT2D eigenvalue weighted by Gasteiger charge is -2.43. The zero-order valence-corrected chi connectivity index (χ0v) is 10.4. The van der Waals surface area contributed by atoms with Crippen molar-refractivity contribution in [3.63, 3.8) is 0 Å². The second-order valence-electron chi connectivity index (χ2n) is 5.32. The molecule has 0 spiro atoms. The molecule has 0 atom stereocenters. The molecule has 0 bridgehead atoms. The molecule has 3 heteroatoms. The number of hydrogen-bond acceptors (Lipinski definition) is 3. The van der Waals surface area contributed by atoms with E-state index in [-0.39, 0.29) is 0 Å². The molecule has 3 nitrogen and oxygen atoms in total. The van der Waals surface area contributed by atoms with Crippen molar-refractivity contribution >= 4 is 0 Å². The fourth-order valence-electron chi connectivity index (χ4n) is 3.25. The predicted octanol–water partition coefficient (Wildman–Crippen LogP) is 1.70. The Labute approximate surface area is 98.6 Å². The smallest absolute Gasteiger partial charge is 0.0678 e. The van der Waals surface area contributed by atoms with Gasteiger partial charge in [-0.25, -0.2) is 0 Å². The molecule has 0 amide bonds. The summed E-state index contributed by atoms with van der Waals surface area (Å²) < 4.78 is 5.37. The van der Waals surface area contributed by atoms with Gasteiger partial charge in [0.25, 0.3) is 0 Å². The normalized spacial score (nSPS) is 37.5. The summed E-state index contributed by atoms with van der Waals surface area (Å²) in [6.07, 6.45) is 6.28. The first-order valence-electron chi connectivity index (χ1n) is 6.78. The molecule has 0 aromatic heterocycles. The largest absolute Gasteiger partial charge is 0.390 e. The molecular formula is C13H25NO2. The summed E-state index contributed by atoms with van der Waals surface area (Å²) in [5.41, 5.74) is -0.393. The summed E-state index contributed by atoms with van der Waals surface area (Å²) in [7, 11) is 0. The van der Waals surface area contributed by atoms with Crippen LogP contribution in [0.2, 0.25) is 0 Å². The third-order valence-electron chi connectivity index (χ3n) is 4.33. The Kier molecular flexibility index (Phi) is 4.22. The van der Waals surface area contributed by atoms with Crippen molar-refractivity contribution in [2.75, 3.05) is 19.8 Å². The van der Waals surface area contributed by atoms with Gasteiger partial charge in [0.05, 0.1) is 5.60 Å². The third-order valence-corrected chi connectivity index (χ3v) is 4.33. The quantitative estimate of drug-likeness (QED) is 0.771. The monoisotopic (exact) mass is 227 g/mol. The van der Waals surface area contributed by atoms with Gasteiger partial charge in [0, 0.05) is 19.3 Å². The van der Waals surface area contributed by atoms with Crippen LogP contribution in [0, 0.1) is 5.92 Å². The van der Waals surface area contributed by atoms with Crippen LogP contribution in [-0.2, 0) is 4.74 Å². The average molecular weight is 227 g/mol. The summed E-state index contributed by atoms with van der Waals surface area (Å²) >= 11 is 0. The fourth-order valence-corrected chi connectivity index (χ4v) is 3.25. The molecule has 1 heterocycles. The molecule has 0 aromatic carbocycles. The number of ether oxygens (including phenoxy) is 1. The van der Waals surface area contributed by atoms with E-state index in [1.165, 1.54) is 0 Å². The van der Waals surface area contributed by atoms with Crippen molar-refractivity contribution in [1.29, 1.82) is 0 Å². The summed E-state index contributed by atoms with van der Waals surface area (Å²) in [6, 6.07) is 0.630. The second kappa shape index (κ2) is 5.48. The average Bonchev–Trinajstić information content (AvgIpc) is 2.34. The highest BCUT2D eigenvalue weighted by molar-refractivity contribution is 4.93. The van der Waals surface area contributed by atoms with E-state index in [4.69, 9.17) is 4.74 Å². The van der Waals surface area contributed by atoms with Gasteiger partial charge in [0.2, 0.25) is 0 Å². The predicted molar refractivity (Wildman–Crippen MR) is 64.4 cm³/mol. The molecule has 0 aromatic rings. The highest BCUT2D eigenvalue weighted by Crippen LogP contribution is 2.38. The van der Waals surface area contributed by atoms with Gasteiger partial charge in [0.1, 0.15) is 0 Å². The van der Waals surface area contributed by atoms with E-state index in [2.05, 4.69) is 12.2 Å². The van der Waals surface area contributed by atoms with Gasteiger partial charge in [0.15, 0.2) is 0 Å². The van der Waals surface area contributed by atoms with Gasteiger partial charge in [-0.2, -0.15) is 0 Å². The highest BCUT2D eigenvalue weighted by atomic mass is 16.5. The van der Waals surface area contributed by atoms with E-state index in [0.717, 1.165) is 58.3 Å². The first kappa shape index (κ1) is 12.3. The minimum absolute atomic E-state index is 0.393. The van der Waals surface area contributed by atoms with E-state index in [1.807, 2.05) is 0 Å². The van der Waals surface area contributed by atoms with E-state index in [0.29, 0.717) is 12.0 Å². The van der Waals surface area contributed by atoms with Crippen LogP contribution in [0.4, 0.5) is 0 Å². The van der Waals surface area contributed by atoms with Crippen LogP contribution in [0.5, 0.6) is 0 Å². The SMILES string of the molecule is CCNC1CCC(O)(C2CCOCC2)CC1.